The molecule has 0 spiro atoms. The molecular formula is C19H31N5O3. The van der Waals surface area contributed by atoms with Gasteiger partial charge in [0, 0.05) is 33.2 Å². The third-order valence-electron chi connectivity index (χ3n) is 5.65. The van der Waals surface area contributed by atoms with Gasteiger partial charge >= 0.3 is 0 Å². The number of piperidine rings is 1. The van der Waals surface area contributed by atoms with E-state index >= 15 is 0 Å². The Bertz CT molecular complexity index is 627. The number of nitrogens with one attached hydrogen (secondary N) is 1. The maximum atomic E-state index is 12.7. The molecule has 3 rings (SSSR count). The molecule has 27 heavy (non-hydrogen) atoms. The van der Waals surface area contributed by atoms with E-state index in [1.807, 2.05) is 4.90 Å². The Hall–Kier alpha value is -1.96. The average molecular weight is 377 g/mol. The van der Waals surface area contributed by atoms with E-state index in [1.165, 1.54) is 32.1 Å². The summed E-state index contributed by atoms with van der Waals surface area (Å²) in [5.74, 6) is 0.573. The fourth-order valence-corrected chi connectivity index (χ4v) is 4.08. The third-order valence-corrected chi connectivity index (χ3v) is 5.65. The smallest absolute Gasteiger partial charge is 0.273 e. The van der Waals surface area contributed by atoms with Crippen LogP contribution in [0.15, 0.2) is 6.20 Å². The summed E-state index contributed by atoms with van der Waals surface area (Å²) in [6, 6.07) is 0.0853. The number of methoxy groups -OCH3 is 1. The first-order valence-electron chi connectivity index (χ1n) is 10.1. The van der Waals surface area contributed by atoms with Crippen LogP contribution in [0, 0.1) is 5.92 Å². The summed E-state index contributed by atoms with van der Waals surface area (Å²) in [5, 5.41) is 10.9. The number of likely N-dealkylation sites (tertiary alicyclic amines) is 1. The molecule has 150 valence electrons. The Balaban J connectivity index is 1.53. The van der Waals surface area contributed by atoms with Crippen molar-refractivity contribution < 1.29 is 14.3 Å². The highest BCUT2D eigenvalue weighted by Crippen LogP contribution is 2.28. The van der Waals surface area contributed by atoms with Gasteiger partial charge in [0.1, 0.15) is 0 Å². The molecule has 2 fully saturated rings. The Kier molecular flexibility index (Phi) is 7.20. The van der Waals surface area contributed by atoms with Gasteiger partial charge in [0.2, 0.25) is 5.91 Å². The molecule has 0 bridgehead atoms. The molecule has 0 aromatic carbocycles. The fraction of sp³-hybridized carbons (Fsp3) is 0.789. The van der Waals surface area contributed by atoms with Crippen LogP contribution in [0.4, 0.5) is 0 Å². The molecule has 8 nitrogen and oxygen atoms in total. The summed E-state index contributed by atoms with van der Waals surface area (Å²) >= 11 is 0. The zero-order chi connectivity index (χ0) is 19.1. The molecule has 2 aliphatic rings. The summed E-state index contributed by atoms with van der Waals surface area (Å²) < 4.78 is 6.66. The van der Waals surface area contributed by atoms with Gasteiger partial charge in [-0.25, -0.2) is 4.68 Å². The zero-order valence-electron chi connectivity index (χ0n) is 16.2. The fourth-order valence-electron chi connectivity index (χ4n) is 4.08. The highest BCUT2D eigenvalue weighted by Gasteiger charge is 2.28. The van der Waals surface area contributed by atoms with Crippen molar-refractivity contribution in [3.05, 3.63) is 11.9 Å². The van der Waals surface area contributed by atoms with Gasteiger partial charge < -0.3 is 15.0 Å². The minimum Gasteiger partial charge on any atom is -0.383 e. The SMILES string of the molecule is COCCNC(=O)c1cn(C2CCCN(C(=O)CC3CCCCC3)C2)nn1. The first-order chi connectivity index (χ1) is 13.2. The lowest BCUT2D eigenvalue weighted by molar-refractivity contribution is -0.134. The summed E-state index contributed by atoms with van der Waals surface area (Å²) in [6.07, 6.45) is 10.5. The van der Waals surface area contributed by atoms with Crippen LogP contribution in [-0.2, 0) is 9.53 Å². The predicted octanol–water partition coefficient (Wildman–Crippen LogP) is 1.79. The van der Waals surface area contributed by atoms with E-state index in [-0.39, 0.29) is 17.9 Å². The van der Waals surface area contributed by atoms with Crippen LogP contribution in [0.3, 0.4) is 0 Å². The van der Waals surface area contributed by atoms with Crippen LogP contribution in [0.25, 0.3) is 0 Å². The van der Waals surface area contributed by atoms with Gasteiger partial charge in [-0.05, 0) is 31.6 Å². The molecule has 1 aliphatic heterocycles. The first kappa shape index (κ1) is 19.8. The zero-order valence-corrected chi connectivity index (χ0v) is 16.2. The standard InChI is InChI=1S/C19H31N5O3/c1-27-11-9-20-19(26)17-14-24(22-21-17)16-8-5-10-23(13-16)18(25)12-15-6-3-2-4-7-15/h14-16H,2-13H2,1H3,(H,20,26). The number of rotatable bonds is 7. The number of carbonyl (C=O) groups is 2. The molecule has 1 aromatic heterocycles. The van der Waals surface area contributed by atoms with E-state index in [0.717, 1.165) is 19.4 Å². The Morgan fingerprint density at radius 2 is 2.04 bits per heavy atom. The van der Waals surface area contributed by atoms with Crippen LogP contribution in [0.5, 0.6) is 0 Å². The summed E-state index contributed by atoms with van der Waals surface area (Å²) in [6.45, 7) is 2.37. The van der Waals surface area contributed by atoms with Crippen LogP contribution >= 0.6 is 0 Å². The van der Waals surface area contributed by atoms with Crippen molar-refractivity contribution in [3.8, 4) is 0 Å². The van der Waals surface area contributed by atoms with E-state index < -0.39 is 0 Å². The van der Waals surface area contributed by atoms with E-state index in [2.05, 4.69) is 15.6 Å². The lowest BCUT2D eigenvalue weighted by Gasteiger charge is -2.34. The lowest BCUT2D eigenvalue weighted by atomic mass is 9.86. The highest BCUT2D eigenvalue weighted by molar-refractivity contribution is 5.91. The summed E-state index contributed by atoms with van der Waals surface area (Å²) in [5.41, 5.74) is 0.303. The monoisotopic (exact) mass is 377 g/mol. The molecule has 1 N–H and O–H groups in total. The quantitative estimate of drug-likeness (QED) is 0.732. The van der Waals surface area contributed by atoms with Gasteiger partial charge in [-0.1, -0.05) is 24.5 Å². The van der Waals surface area contributed by atoms with Crippen LogP contribution in [-0.4, -0.2) is 65.1 Å². The number of nitrogens with zero attached hydrogens (tertiary/aromatic N) is 4. The number of hydrogen-bond acceptors (Lipinski definition) is 5. The molecule has 1 unspecified atom stereocenters. The highest BCUT2D eigenvalue weighted by atomic mass is 16.5. The second-order valence-electron chi connectivity index (χ2n) is 7.68. The van der Waals surface area contributed by atoms with Gasteiger partial charge in [-0.15, -0.1) is 5.10 Å². The summed E-state index contributed by atoms with van der Waals surface area (Å²) in [7, 11) is 1.59. The van der Waals surface area contributed by atoms with Gasteiger partial charge in [0.25, 0.3) is 5.91 Å². The normalized spacial score (nSPS) is 21.2. The Morgan fingerprint density at radius 3 is 2.81 bits per heavy atom. The minimum absolute atomic E-state index is 0.0853. The first-order valence-corrected chi connectivity index (χ1v) is 10.1. The van der Waals surface area contributed by atoms with Gasteiger partial charge in [-0.3, -0.25) is 9.59 Å². The maximum absolute atomic E-state index is 12.7. The number of hydrogen-bond donors (Lipinski definition) is 1. The van der Waals surface area contributed by atoms with Crippen LogP contribution in [0.1, 0.15) is 67.9 Å². The number of ether oxygens (including phenoxy) is 1. The number of aromatic nitrogens is 3. The number of amides is 2. The molecule has 1 aliphatic carbocycles. The van der Waals surface area contributed by atoms with Crippen molar-refractivity contribution in [1.29, 1.82) is 0 Å². The van der Waals surface area contributed by atoms with E-state index in [4.69, 9.17) is 4.74 Å². The molecule has 1 atom stereocenters. The maximum Gasteiger partial charge on any atom is 0.273 e. The van der Waals surface area contributed by atoms with Gasteiger partial charge in [0.15, 0.2) is 5.69 Å². The molecular weight excluding hydrogens is 346 g/mol. The van der Waals surface area contributed by atoms with E-state index in [0.29, 0.717) is 37.7 Å². The van der Waals surface area contributed by atoms with Crippen LogP contribution in [0.2, 0.25) is 0 Å². The topological polar surface area (TPSA) is 89.4 Å². The summed E-state index contributed by atoms with van der Waals surface area (Å²) in [4.78, 5) is 26.7. The number of carbonyl (C=O) groups excluding carboxylic acids is 2. The lowest BCUT2D eigenvalue weighted by Crippen LogP contribution is -2.41. The van der Waals surface area contributed by atoms with Gasteiger partial charge in [0.05, 0.1) is 18.8 Å². The molecule has 8 heteroatoms. The van der Waals surface area contributed by atoms with E-state index in [1.54, 1.807) is 18.0 Å². The van der Waals surface area contributed by atoms with Crippen molar-refractivity contribution in [2.24, 2.45) is 5.92 Å². The van der Waals surface area contributed by atoms with Crippen molar-refractivity contribution >= 4 is 11.8 Å². The van der Waals surface area contributed by atoms with Crippen molar-refractivity contribution in [3.63, 3.8) is 0 Å². The Morgan fingerprint density at radius 1 is 1.22 bits per heavy atom. The largest absolute Gasteiger partial charge is 0.383 e. The second kappa shape index (κ2) is 9.82. The third kappa shape index (κ3) is 5.51. The molecule has 2 heterocycles. The second-order valence-corrected chi connectivity index (χ2v) is 7.68. The molecule has 2 amide bonds. The molecule has 0 radical (unpaired) electrons. The predicted molar refractivity (Wildman–Crippen MR) is 100 cm³/mol. The molecule has 1 aromatic rings. The van der Waals surface area contributed by atoms with Crippen molar-refractivity contribution in [2.75, 3.05) is 33.4 Å². The molecule has 1 saturated heterocycles. The van der Waals surface area contributed by atoms with Crippen molar-refractivity contribution in [1.82, 2.24) is 25.2 Å². The van der Waals surface area contributed by atoms with Crippen molar-refractivity contribution in [2.45, 2.75) is 57.4 Å². The average Bonchev–Trinajstić information content (AvgIpc) is 3.19. The minimum atomic E-state index is -0.251. The van der Waals surface area contributed by atoms with Crippen LogP contribution < -0.4 is 5.32 Å². The molecule has 1 saturated carbocycles. The van der Waals surface area contributed by atoms with Gasteiger partial charge in [-0.2, -0.15) is 0 Å². The van der Waals surface area contributed by atoms with E-state index in [9.17, 15) is 9.59 Å². The Labute approximate surface area is 160 Å².